The van der Waals surface area contributed by atoms with Gasteiger partial charge in [-0.05, 0) is 32.9 Å². The Kier molecular flexibility index (Phi) is 5.90. The van der Waals surface area contributed by atoms with Crippen LogP contribution in [0.5, 0.6) is 11.6 Å². The van der Waals surface area contributed by atoms with E-state index in [1.807, 2.05) is 49.6 Å². The summed E-state index contributed by atoms with van der Waals surface area (Å²) in [6.07, 6.45) is 3.47. The lowest BCUT2D eigenvalue weighted by Crippen LogP contribution is -2.07. The maximum atomic E-state index is 5.94. The highest BCUT2D eigenvalue weighted by atomic mass is 16.5. The van der Waals surface area contributed by atoms with Crippen LogP contribution in [0.25, 0.3) is 11.2 Å². The van der Waals surface area contributed by atoms with E-state index in [9.17, 15) is 0 Å². The standard InChI is InChI=1S/C24H24N6O2/c1-15-7-9-18(10-8-15)6-5-11-32-23-20-22(28-24(25)29-23)30(14-27-20)13-19-17(3)21(31-4)16(2)12-26-19/h7-10,12,14H,11,13H2,1-4H3,(H2,25,28,29). The lowest BCUT2D eigenvalue weighted by atomic mass is 10.1. The van der Waals surface area contributed by atoms with Crippen LogP contribution in [0.15, 0.2) is 36.8 Å². The number of fused-ring (bicyclic) bond motifs is 1. The molecule has 3 aromatic heterocycles. The van der Waals surface area contributed by atoms with Crippen LogP contribution in [0.3, 0.4) is 0 Å². The van der Waals surface area contributed by atoms with Gasteiger partial charge in [-0.1, -0.05) is 29.5 Å². The Morgan fingerprint density at radius 3 is 2.59 bits per heavy atom. The number of aromatic nitrogens is 5. The number of rotatable bonds is 5. The van der Waals surface area contributed by atoms with E-state index in [1.165, 1.54) is 5.56 Å². The minimum atomic E-state index is 0.104. The fourth-order valence-electron chi connectivity index (χ4n) is 3.42. The molecule has 0 atom stereocenters. The second-order valence-corrected chi connectivity index (χ2v) is 7.43. The van der Waals surface area contributed by atoms with Crippen molar-refractivity contribution in [1.29, 1.82) is 0 Å². The van der Waals surface area contributed by atoms with Gasteiger partial charge in [-0.25, -0.2) is 4.98 Å². The Labute approximate surface area is 186 Å². The zero-order chi connectivity index (χ0) is 22.7. The van der Waals surface area contributed by atoms with Crippen LogP contribution in [0.1, 0.15) is 27.9 Å². The molecule has 8 nitrogen and oxygen atoms in total. The third-order valence-corrected chi connectivity index (χ3v) is 5.08. The highest BCUT2D eigenvalue weighted by Gasteiger charge is 2.16. The zero-order valence-corrected chi connectivity index (χ0v) is 18.5. The molecule has 4 rings (SSSR count). The van der Waals surface area contributed by atoms with Crippen LogP contribution in [0.2, 0.25) is 0 Å². The molecule has 0 radical (unpaired) electrons. The van der Waals surface area contributed by atoms with E-state index in [4.69, 9.17) is 15.2 Å². The van der Waals surface area contributed by atoms with E-state index < -0.39 is 0 Å². The van der Waals surface area contributed by atoms with Crippen LogP contribution >= 0.6 is 0 Å². The Bertz CT molecular complexity index is 1330. The maximum Gasteiger partial charge on any atom is 0.248 e. The summed E-state index contributed by atoms with van der Waals surface area (Å²) in [7, 11) is 1.66. The summed E-state index contributed by atoms with van der Waals surface area (Å²) < 4.78 is 13.1. The zero-order valence-electron chi connectivity index (χ0n) is 18.5. The minimum absolute atomic E-state index is 0.104. The average molecular weight is 428 g/mol. The molecule has 0 fully saturated rings. The Hall–Kier alpha value is -4.12. The molecular formula is C24H24N6O2. The summed E-state index contributed by atoms with van der Waals surface area (Å²) in [6.45, 7) is 6.60. The van der Waals surface area contributed by atoms with Crippen molar-refractivity contribution in [2.75, 3.05) is 19.5 Å². The number of nitrogens with two attached hydrogens (primary N) is 1. The van der Waals surface area contributed by atoms with Crippen LogP contribution in [-0.2, 0) is 6.54 Å². The number of hydrogen-bond donors (Lipinski definition) is 1. The first-order valence-electron chi connectivity index (χ1n) is 10.1. The van der Waals surface area contributed by atoms with E-state index in [0.29, 0.717) is 23.6 Å². The number of aryl methyl sites for hydroxylation is 2. The fraction of sp³-hybridized carbons (Fsp3) is 0.250. The Morgan fingerprint density at radius 1 is 1.06 bits per heavy atom. The van der Waals surface area contributed by atoms with E-state index >= 15 is 0 Å². The quantitative estimate of drug-likeness (QED) is 0.487. The van der Waals surface area contributed by atoms with Crippen molar-refractivity contribution in [1.82, 2.24) is 24.5 Å². The first kappa shape index (κ1) is 21.1. The normalized spacial score (nSPS) is 10.6. The molecule has 0 aliphatic carbocycles. The fourth-order valence-corrected chi connectivity index (χ4v) is 3.42. The number of pyridine rings is 1. The van der Waals surface area contributed by atoms with Gasteiger partial charge in [-0.2, -0.15) is 9.97 Å². The Morgan fingerprint density at radius 2 is 1.84 bits per heavy atom. The summed E-state index contributed by atoms with van der Waals surface area (Å²) >= 11 is 0. The highest BCUT2D eigenvalue weighted by molar-refractivity contribution is 5.77. The molecular weight excluding hydrogens is 404 g/mol. The monoisotopic (exact) mass is 428 g/mol. The van der Waals surface area contributed by atoms with Gasteiger partial charge in [0, 0.05) is 22.9 Å². The number of hydrogen-bond acceptors (Lipinski definition) is 7. The molecule has 0 aliphatic heterocycles. The molecule has 2 N–H and O–H groups in total. The van der Waals surface area contributed by atoms with Crippen molar-refractivity contribution in [3.63, 3.8) is 0 Å². The van der Waals surface area contributed by atoms with Gasteiger partial charge in [-0.15, -0.1) is 0 Å². The smallest absolute Gasteiger partial charge is 0.248 e. The van der Waals surface area contributed by atoms with Crippen molar-refractivity contribution in [3.8, 4) is 23.5 Å². The second-order valence-electron chi connectivity index (χ2n) is 7.43. The lowest BCUT2D eigenvalue weighted by molar-refractivity contribution is 0.359. The molecule has 162 valence electrons. The molecule has 3 heterocycles. The van der Waals surface area contributed by atoms with Crippen LogP contribution < -0.4 is 15.2 Å². The summed E-state index contributed by atoms with van der Waals surface area (Å²) in [4.78, 5) is 17.6. The maximum absolute atomic E-state index is 5.94. The van der Waals surface area contributed by atoms with Crippen molar-refractivity contribution < 1.29 is 9.47 Å². The number of methoxy groups -OCH3 is 1. The largest absolute Gasteiger partial charge is 0.496 e. The highest BCUT2D eigenvalue weighted by Crippen LogP contribution is 2.26. The Balaban J connectivity index is 1.57. The van der Waals surface area contributed by atoms with Crippen molar-refractivity contribution in [2.45, 2.75) is 27.3 Å². The number of anilines is 1. The predicted octanol–water partition coefficient (Wildman–Crippen LogP) is 3.22. The molecule has 0 spiro atoms. The van der Waals surface area contributed by atoms with Crippen molar-refractivity contribution in [2.24, 2.45) is 0 Å². The molecule has 0 aliphatic rings. The van der Waals surface area contributed by atoms with Crippen LogP contribution in [-0.4, -0.2) is 38.2 Å². The van der Waals surface area contributed by atoms with E-state index in [-0.39, 0.29) is 12.6 Å². The molecule has 0 saturated carbocycles. The number of imidazole rings is 1. The molecule has 0 bridgehead atoms. The van der Waals surface area contributed by atoms with Crippen LogP contribution in [0, 0.1) is 32.6 Å². The number of ether oxygens (including phenoxy) is 2. The van der Waals surface area contributed by atoms with Crippen molar-refractivity contribution in [3.05, 3.63) is 64.7 Å². The van der Waals surface area contributed by atoms with E-state index in [2.05, 4.69) is 31.8 Å². The molecule has 0 amide bonds. The number of nitrogen functional groups attached to an aromatic ring is 1. The van der Waals surface area contributed by atoms with Gasteiger partial charge in [0.1, 0.15) is 5.75 Å². The summed E-state index contributed by atoms with van der Waals surface area (Å²) in [6, 6.07) is 7.99. The molecule has 0 saturated heterocycles. The topological polar surface area (TPSA) is 101 Å². The summed E-state index contributed by atoms with van der Waals surface area (Å²) in [5, 5.41) is 0. The van der Waals surface area contributed by atoms with E-state index in [1.54, 1.807) is 19.6 Å². The third-order valence-electron chi connectivity index (χ3n) is 5.08. The SMILES string of the molecule is COc1c(C)cnc(Cn2cnc3c(OCC#Cc4ccc(C)cc4)nc(N)nc32)c1C. The van der Waals surface area contributed by atoms with Gasteiger partial charge in [0.2, 0.25) is 11.8 Å². The lowest BCUT2D eigenvalue weighted by Gasteiger charge is -2.13. The molecule has 0 unspecified atom stereocenters. The van der Waals surface area contributed by atoms with Gasteiger partial charge >= 0.3 is 0 Å². The predicted molar refractivity (Wildman–Crippen MR) is 123 cm³/mol. The third kappa shape index (κ3) is 4.32. The molecule has 8 heteroatoms. The van der Waals surface area contributed by atoms with Gasteiger partial charge in [0.05, 0.1) is 25.7 Å². The first-order valence-corrected chi connectivity index (χ1v) is 10.1. The minimum Gasteiger partial charge on any atom is -0.496 e. The van der Waals surface area contributed by atoms with Crippen molar-refractivity contribution >= 4 is 17.1 Å². The average Bonchev–Trinajstić information content (AvgIpc) is 3.17. The summed E-state index contributed by atoms with van der Waals surface area (Å²) in [5.41, 5.74) is 12.0. The molecule has 32 heavy (non-hydrogen) atoms. The van der Waals surface area contributed by atoms with Crippen LogP contribution in [0.4, 0.5) is 5.95 Å². The van der Waals surface area contributed by atoms with Gasteiger partial charge in [-0.3, -0.25) is 4.98 Å². The van der Waals surface area contributed by atoms with E-state index in [0.717, 1.165) is 28.1 Å². The molecule has 1 aromatic carbocycles. The second kappa shape index (κ2) is 8.94. The summed E-state index contributed by atoms with van der Waals surface area (Å²) in [5.74, 6) is 7.29. The van der Waals surface area contributed by atoms with Gasteiger partial charge in [0.25, 0.3) is 0 Å². The number of nitrogens with zero attached hydrogens (tertiary/aromatic N) is 5. The van der Waals surface area contributed by atoms with Gasteiger partial charge < -0.3 is 19.8 Å². The van der Waals surface area contributed by atoms with Gasteiger partial charge in [0.15, 0.2) is 17.8 Å². The number of benzene rings is 1. The molecule has 4 aromatic rings. The first-order chi connectivity index (χ1) is 15.5.